The molecule has 1 aromatic heterocycles. The lowest BCUT2D eigenvalue weighted by atomic mass is 10.1. The van der Waals surface area contributed by atoms with Crippen LogP contribution in [-0.2, 0) is 11.2 Å². The van der Waals surface area contributed by atoms with Crippen LogP contribution >= 0.6 is 0 Å². The van der Waals surface area contributed by atoms with E-state index in [9.17, 15) is 4.79 Å². The highest BCUT2D eigenvalue weighted by Crippen LogP contribution is 2.21. The number of hydrogen-bond donors (Lipinski definition) is 0. The predicted molar refractivity (Wildman–Crippen MR) is 115 cm³/mol. The van der Waals surface area contributed by atoms with Crippen molar-refractivity contribution in [3.63, 3.8) is 0 Å². The fourth-order valence-electron chi connectivity index (χ4n) is 3.55. The summed E-state index contributed by atoms with van der Waals surface area (Å²) in [7, 11) is 1.66. The highest BCUT2D eigenvalue weighted by Gasteiger charge is 2.22. The highest BCUT2D eigenvalue weighted by atomic mass is 16.5. The molecule has 1 amide bonds. The van der Waals surface area contributed by atoms with Crippen LogP contribution in [0.3, 0.4) is 0 Å². The van der Waals surface area contributed by atoms with Gasteiger partial charge in [0.15, 0.2) is 0 Å². The minimum absolute atomic E-state index is 0.125. The first-order chi connectivity index (χ1) is 14.6. The molecule has 0 N–H and O–H groups in total. The molecule has 1 saturated heterocycles. The summed E-state index contributed by atoms with van der Waals surface area (Å²) in [5, 5.41) is 8.20. The molecule has 30 heavy (non-hydrogen) atoms. The predicted octanol–water partition coefficient (Wildman–Crippen LogP) is 3.34. The van der Waals surface area contributed by atoms with Crippen molar-refractivity contribution in [3.05, 3.63) is 60.0 Å². The number of anilines is 1. The van der Waals surface area contributed by atoms with Gasteiger partial charge in [-0.25, -0.2) is 0 Å². The zero-order valence-corrected chi connectivity index (χ0v) is 17.4. The maximum absolute atomic E-state index is 12.6. The van der Waals surface area contributed by atoms with Crippen LogP contribution < -0.4 is 9.64 Å². The quantitative estimate of drug-likeness (QED) is 0.625. The van der Waals surface area contributed by atoms with Gasteiger partial charge in [0.1, 0.15) is 5.75 Å². The molecule has 0 bridgehead atoms. The number of rotatable bonds is 6. The van der Waals surface area contributed by atoms with Crippen LogP contribution in [0.1, 0.15) is 17.9 Å². The van der Waals surface area contributed by atoms with E-state index < -0.39 is 0 Å². The van der Waals surface area contributed by atoms with Gasteiger partial charge < -0.3 is 19.0 Å². The number of nitrogens with zero attached hydrogens (tertiary/aromatic N) is 4. The third-order valence-electron chi connectivity index (χ3n) is 5.39. The van der Waals surface area contributed by atoms with Crippen LogP contribution in [0.4, 0.5) is 5.69 Å². The molecule has 7 nitrogen and oxygen atoms in total. The summed E-state index contributed by atoms with van der Waals surface area (Å²) >= 11 is 0. The zero-order valence-electron chi connectivity index (χ0n) is 17.4. The first-order valence-electron chi connectivity index (χ1n) is 10.2. The van der Waals surface area contributed by atoms with Gasteiger partial charge in [-0.05, 0) is 43.3 Å². The smallest absolute Gasteiger partial charge is 0.247 e. The Labute approximate surface area is 176 Å². The molecular formula is C23H26N4O3. The monoisotopic (exact) mass is 406 g/mol. The van der Waals surface area contributed by atoms with Gasteiger partial charge in [-0.1, -0.05) is 17.7 Å². The van der Waals surface area contributed by atoms with Crippen molar-refractivity contribution in [1.82, 2.24) is 15.1 Å². The molecule has 0 spiro atoms. The third kappa shape index (κ3) is 4.62. The van der Waals surface area contributed by atoms with E-state index >= 15 is 0 Å². The standard InChI is InChI=1S/C23H26N4O3/c1-17-3-5-18(6-4-17)23-25-24-21(30-23)11-12-22(28)27-15-13-26(14-16-27)19-7-9-20(29-2)10-8-19/h3-10H,11-16H2,1-2H3. The lowest BCUT2D eigenvalue weighted by molar-refractivity contribution is -0.131. The average molecular weight is 406 g/mol. The second-order valence-corrected chi connectivity index (χ2v) is 7.43. The number of amides is 1. The number of carbonyl (C=O) groups is 1. The summed E-state index contributed by atoms with van der Waals surface area (Å²) < 4.78 is 10.9. The molecule has 0 unspecified atom stereocenters. The van der Waals surface area contributed by atoms with Gasteiger partial charge in [0.2, 0.25) is 17.7 Å². The zero-order chi connectivity index (χ0) is 20.9. The maximum atomic E-state index is 12.6. The average Bonchev–Trinajstić information content (AvgIpc) is 3.27. The van der Waals surface area contributed by atoms with Crippen molar-refractivity contribution in [2.75, 3.05) is 38.2 Å². The van der Waals surface area contributed by atoms with E-state index in [2.05, 4.69) is 27.2 Å². The normalized spacial score (nSPS) is 14.1. The maximum Gasteiger partial charge on any atom is 0.247 e. The summed E-state index contributed by atoms with van der Waals surface area (Å²) in [6, 6.07) is 16.0. The minimum Gasteiger partial charge on any atom is -0.497 e. The van der Waals surface area contributed by atoms with E-state index in [-0.39, 0.29) is 5.91 Å². The number of hydrogen-bond acceptors (Lipinski definition) is 6. The van der Waals surface area contributed by atoms with E-state index in [1.165, 1.54) is 5.56 Å². The van der Waals surface area contributed by atoms with Crippen molar-refractivity contribution in [2.45, 2.75) is 19.8 Å². The molecule has 1 aliphatic rings. The van der Waals surface area contributed by atoms with Crippen molar-refractivity contribution >= 4 is 11.6 Å². The molecular weight excluding hydrogens is 380 g/mol. The molecule has 2 heterocycles. The number of benzene rings is 2. The Morgan fingerprint density at radius 3 is 2.37 bits per heavy atom. The highest BCUT2D eigenvalue weighted by molar-refractivity contribution is 5.76. The Hall–Kier alpha value is -3.35. The number of aryl methyl sites for hydroxylation is 2. The van der Waals surface area contributed by atoms with Crippen molar-refractivity contribution < 1.29 is 13.9 Å². The van der Waals surface area contributed by atoms with Crippen LogP contribution in [0.25, 0.3) is 11.5 Å². The molecule has 0 atom stereocenters. The lowest BCUT2D eigenvalue weighted by Crippen LogP contribution is -2.48. The SMILES string of the molecule is COc1ccc(N2CCN(C(=O)CCc3nnc(-c4ccc(C)cc4)o3)CC2)cc1. The number of carbonyl (C=O) groups excluding carboxylic acids is 1. The van der Waals surface area contributed by atoms with E-state index in [4.69, 9.17) is 9.15 Å². The number of methoxy groups -OCH3 is 1. The van der Waals surface area contributed by atoms with E-state index in [0.29, 0.717) is 37.7 Å². The minimum atomic E-state index is 0.125. The van der Waals surface area contributed by atoms with Crippen molar-refractivity contribution in [1.29, 1.82) is 0 Å². The first kappa shape index (κ1) is 19.9. The van der Waals surface area contributed by atoms with Crippen LogP contribution in [0.15, 0.2) is 52.9 Å². The first-order valence-corrected chi connectivity index (χ1v) is 10.2. The molecule has 2 aromatic carbocycles. The fraction of sp³-hybridized carbons (Fsp3) is 0.348. The second kappa shape index (κ2) is 8.98. The Balaban J connectivity index is 1.26. The third-order valence-corrected chi connectivity index (χ3v) is 5.39. The topological polar surface area (TPSA) is 71.7 Å². The molecule has 4 rings (SSSR count). The number of ether oxygens (including phenoxy) is 1. The largest absolute Gasteiger partial charge is 0.497 e. The van der Waals surface area contributed by atoms with Gasteiger partial charge in [0.25, 0.3) is 0 Å². The molecule has 1 aliphatic heterocycles. The van der Waals surface area contributed by atoms with Crippen LogP contribution in [0, 0.1) is 6.92 Å². The fourth-order valence-corrected chi connectivity index (χ4v) is 3.55. The van der Waals surface area contributed by atoms with Crippen LogP contribution in [-0.4, -0.2) is 54.3 Å². The summed E-state index contributed by atoms with van der Waals surface area (Å²) in [5.41, 5.74) is 3.22. The summed E-state index contributed by atoms with van der Waals surface area (Å²) in [6.07, 6.45) is 0.828. The molecule has 1 fully saturated rings. The van der Waals surface area contributed by atoms with E-state index in [1.807, 2.05) is 48.2 Å². The van der Waals surface area contributed by atoms with Gasteiger partial charge in [-0.2, -0.15) is 0 Å². The van der Waals surface area contributed by atoms with Gasteiger partial charge in [0, 0.05) is 50.3 Å². The summed E-state index contributed by atoms with van der Waals surface area (Å²) in [4.78, 5) is 16.8. The second-order valence-electron chi connectivity index (χ2n) is 7.43. The molecule has 0 saturated carbocycles. The number of piperazine rings is 1. The lowest BCUT2D eigenvalue weighted by Gasteiger charge is -2.36. The van der Waals surface area contributed by atoms with Gasteiger partial charge in [-0.15, -0.1) is 10.2 Å². The van der Waals surface area contributed by atoms with E-state index in [1.54, 1.807) is 7.11 Å². The molecule has 0 radical (unpaired) electrons. The molecule has 156 valence electrons. The molecule has 0 aliphatic carbocycles. The Morgan fingerprint density at radius 2 is 1.70 bits per heavy atom. The van der Waals surface area contributed by atoms with Gasteiger partial charge in [0.05, 0.1) is 7.11 Å². The van der Waals surface area contributed by atoms with Crippen molar-refractivity contribution in [2.24, 2.45) is 0 Å². The van der Waals surface area contributed by atoms with Gasteiger partial charge >= 0.3 is 0 Å². The van der Waals surface area contributed by atoms with Gasteiger partial charge in [-0.3, -0.25) is 4.79 Å². The Bertz CT molecular complexity index is 974. The summed E-state index contributed by atoms with van der Waals surface area (Å²) in [6.45, 7) is 5.09. The Kier molecular flexibility index (Phi) is 5.97. The van der Waals surface area contributed by atoms with Crippen LogP contribution in [0.5, 0.6) is 5.75 Å². The molecule has 3 aromatic rings. The van der Waals surface area contributed by atoms with Crippen LogP contribution in [0.2, 0.25) is 0 Å². The van der Waals surface area contributed by atoms with Crippen molar-refractivity contribution in [3.8, 4) is 17.2 Å². The van der Waals surface area contributed by atoms with E-state index in [0.717, 1.165) is 30.1 Å². The summed E-state index contributed by atoms with van der Waals surface area (Å²) in [5.74, 6) is 1.96. The number of aromatic nitrogens is 2. The Morgan fingerprint density at radius 1 is 1.00 bits per heavy atom. The molecule has 7 heteroatoms.